The molecule has 428 valence electrons. The standard InChI is InChI=1S/C18H37N5O9.2C18H36O2.Mg/c19-3-9-8(25)2-7(22)17(29-9)31-15-5(20)1-6(21)16(14(15)28)32-18-13(27)11(23)12(26)10(4-24)30-18;2*1-2-3-4-5-6-7-8-9-10-11-12-13-14-15-16-17-18(19)20;/h5-18,24-28H,1-4,19-23H2;2*2-17H2,1H3,(H,19,20);/q;;;+2/p-2/t5-,6+,7+,8-,9+,10+,11-,12+,13+,14-,15+,16-,17+,18+;;;/m0.../s1. The van der Waals surface area contributed by atoms with Gasteiger partial charge in [0.2, 0.25) is 0 Å². The van der Waals surface area contributed by atoms with Gasteiger partial charge >= 0.3 is 23.1 Å². The Kier molecular flexibility index (Phi) is 45.6. The zero-order valence-electron chi connectivity index (χ0n) is 45.6. The van der Waals surface area contributed by atoms with Crippen molar-refractivity contribution in [3.8, 4) is 0 Å². The van der Waals surface area contributed by atoms with Crippen LogP contribution < -0.4 is 38.9 Å². The van der Waals surface area contributed by atoms with Crippen molar-refractivity contribution in [1.82, 2.24) is 0 Å². The van der Waals surface area contributed by atoms with Gasteiger partial charge in [-0.25, -0.2) is 0 Å². The first-order valence-corrected chi connectivity index (χ1v) is 28.7. The molecule has 2 aliphatic heterocycles. The van der Waals surface area contributed by atoms with Gasteiger partial charge in [0.25, 0.3) is 0 Å². The summed E-state index contributed by atoms with van der Waals surface area (Å²) in [4.78, 5) is 20.4. The van der Waals surface area contributed by atoms with E-state index in [1.165, 1.54) is 167 Å². The van der Waals surface area contributed by atoms with Crippen LogP contribution in [0.2, 0.25) is 0 Å². The Morgan fingerprint density at radius 3 is 1.14 bits per heavy atom. The molecule has 0 radical (unpaired) electrons. The van der Waals surface area contributed by atoms with E-state index in [1.54, 1.807) is 0 Å². The molecule has 1 aliphatic carbocycles. The minimum atomic E-state index is -1.44. The summed E-state index contributed by atoms with van der Waals surface area (Å²) in [6, 6.07) is -3.27. The number of hydrogen-bond acceptors (Lipinski definition) is 18. The molecule has 14 atom stereocenters. The summed E-state index contributed by atoms with van der Waals surface area (Å²) in [5.74, 6) is -1.81. The molecule has 19 heteroatoms. The number of carbonyl (C=O) groups is 2. The van der Waals surface area contributed by atoms with Gasteiger partial charge in [-0.15, -0.1) is 0 Å². The van der Waals surface area contributed by atoms with Gasteiger partial charge in [-0.05, 0) is 38.5 Å². The van der Waals surface area contributed by atoms with Gasteiger partial charge in [-0.1, -0.05) is 194 Å². The molecule has 0 unspecified atom stereocenters. The van der Waals surface area contributed by atoms with Crippen molar-refractivity contribution in [3.05, 3.63) is 0 Å². The summed E-state index contributed by atoms with van der Waals surface area (Å²) >= 11 is 0. The van der Waals surface area contributed by atoms with Gasteiger partial charge in [-0.2, -0.15) is 0 Å². The first kappa shape index (κ1) is 72.1. The van der Waals surface area contributed by atoms with Gasteiger partial charge in [0.1, 0.15) is 36.6 Å². The summed E-state index contributed by atoms with van der Waals surface area (Å²) < 4.78 is 22.7. The fraction of sp³-hybridized carbons (Fsp3) is 0.963. The normalized spacial score (nSPS) is 29.0. The predicted octanol–water partition coefficient (Wildman–Crippen LogP) is 3.32. The predicted molar refractivity (Wildman–Crippen MR) is 283 cm³/mol. The van der Waals surface area contributed by atoms with E-state index in [0.29, 0.717) is 0 Å². The molecule has 0 spiro atoms. The van der Waals surface area contributed by atoms with E-state index in [-0.39, 0.29) is 55.3 Å². The molecular formula is C54H107MgN5O13. The molecular weight excluding hydrogens is 951 g/mol. The molecule has 3 aliphatic rings. The second-order valence-corrected chi connectivity index (χ2v) is 20.9. The SMILES string of the molecule is CCCCCCCCCCCCCCCCCC(=O)[O-].CCCCCCCCCCCCCCCCCC(=O)[O-].NC[C@H]1O[C@H](O[C@H]2[C@H](O)[C@@H](O[C@H]3O[C@H](CO)[C@@H](O)[C@H](N)[C@H]3O)[C@H](N)C[C@@H]2N)[C@H](N)C[C@@H]1O.[Mg+2]. The minimum Gasteiger partial charge on any atom is -0.550 e. The Bertz CT molecular complexity index is 1260. The summed E-state index contributed by atoms with van der Waals surface area (Å²) in [6.07, 6.45) is 29.0. The number of unbranched alkanes of at least 4 members (excludes halogenated alkanes) is 28. The Balaban J connectivity index is 0.00000111. The number of aliphatic hydroxyl groups is 5. The molecule has 73 heavy (non-hydrogen) atoms. The van der Waals surface area contributed by atoms with Crippen molar-refractivity contribution in [2.45, 2.75) is 318 Å². The van der Waals surface area contributed by atoms with E-state index in [4.69, 9.17) is 47.6 Å². The number of rotatable bonds is 38. The zero-order chi connectivity index (χ0) is 53.5. The fourth-order valence-electron chi connectivity index (χ4n) is 9.71. The van der Waals surface area contributed by atoms with Crippen molar-refractivity contribution in [1.29, 1.82) is 0 Å². The van der Waals surface area contributed by atoms with Crippen molar-refractivity contribution in [3.63, 3.8) is 0 Å². The number of carboxylic acid groups (broad SMARTS) is 2. The summed E-state index contributed by atoms with van der Waals surface area (Å²) in [5.41, 5.74) is 29.8. The van der Waals surface area contributed by atoms with Crippen LogP contribution in [-0.2, 0) is 28.5 Å². The Labute approximate surface area is 456 Å². The fourth-order valence-corrected chi connectivity index (χ4v) is 9.71. The van der Waals surface area contributed by atoms with E-state index < -0.39 is 104 Å². The third-order valence-electron chi connectivity index (χ3n) is 14.4. The second-order valence-electron chi connectivity index (χ2n) is 20.9. The molecule has 3 fully saturated rings. The maximum absolute atomic E-state index is 11.0. The van der Waals surface area contributed by atoms with Crippen LogP contribution in [0.1, 0.15) is 232 Å². The van der Waals surface area contributed by atoms with Crippen LogP contribution in [0.4, 0.5) is 0 Å². The number of carbonyl (C=O) groups excluding carboxylic acids is 2. The summed E-state index contributed by atoms with van der Waals surface area (Å²) in [6.45, 7) is 4.04. The van der Waals surface area contributed by atoms with Crippen LogP contribution in [0.3, 0.4) is 0 Å². The number of carboxylic acids is 2. The van der Waals surface area contributed by atoms with Crippen LogP contribution in [-0.4, -0.2) is 159 Å². The van der Waals surface area contributed by atoms with Gasteiger partial charge in [0, 0.05) is 30.6 Å². The number of ether oxygens (including phenoxy) is 4. The Hall–Kier alpha value is -0.854. The molecule has 18 nitrogen and oxygen atoms in total. The maximum atomic E-state index is 11.0. The van der Waals surface area contributed by atoms with E-state index in [9.17, 15) is 45.3 Å². The molecule has 2 heterocycles. The van der Waals surface area contributed by atoms with Crippen LogP contribution in [0.25, 0.3) is 0 Å². The topological polar surface area (TPSA) is 348 Å². The van der Waals surface area contributed by atoms with E-state index >= 15 is 0 Å². The van der Waals surface area contributed by atoms with Crippen molar-refractivity contribution >= 4 is 35.0 Å². The van der Waals surface area contributed by atoms with Crippen LogP contribution in [0.15, 0.2) is 0 Å². The van der Waals surface area contributed by atoms with Crippen LogP contribution >= 0.6 is 0 Å². The number of aliphatic carboxylic acids is 2. The summed E-state index contributed by atoms with van der Waals surface area (Å²) in [7, 11) is 0. The third kappa shape index (κ3) is 33.2. The van der Waals surface area contributed by atoms with Crippen molar-refractivity contribution in [2.24, 2.45) is 28.7 Å². The molecule has 3 rings (SSSR count). The Morgan fingerprint density at radius 1 is 0.479 bits per heavy atom. The maximum Gasteiger partial charge on any atom is 2.00 e. The van der Waals surface area contributed by atoms with Crippen molar-refractivity contribution < 1.29 is 64.3 Å². The number of aliphatic hydroxyl groups excluding tert-OH is 5. The molecule has 0 aromatic heterocycles. The van der Waals surface area contributed by atoms with E-state index in [2.05, 4.69) is 13.8 Å². The number of hydrogen-bond donors (Lipinski definition) is 10. The monoisotopic (exact) mass is 1060 g/mol. The van der Waals surface area contributed by atoms with Crippen LogP contribution in [0, 0.1) is 0 Å². The van der Waals surface area contributed by atoms with Crippen molar-refractivity contribution in [2.75, 3.05) is 13.2 Å². The molecule has 0 bridgehead atoms. The molecule has 0 aromatic carbocycles. The second kappa shape index (κ2) is 46.1. The molecule has 0 amide bonds. The molecule has 1 saturated carbocycles. The summed E-state index contributed by atoms with van der Waals surface area (Å²) in [5, 5.41) is 71.2. The first-order chi connectivity index (χ1) is 34.6. The number of nitrogens with two attached hydrogens (primary N) is 5. The smallest absolute Gasteiger partial charge is 0.550 e. The minimum absolute atomic E-state index is 0. The van der Waals surface area contributed by atoms with E-state index in [0.717, 1.165) is 25.7 Å². The van der Waals surface area contributed by atoms with Crippen LogP contribution in [0.5, 0.6) is 0 Å². The van der Waals surface area contributed by atoms with E-state index in [1.807, 2.05) is 0 Å². The Morgan fingerprint density at radius 2 is 0.808 bits per heavy atom. The quantitative estimate of drug-likeness (QED) is 0.0313. The average molecular weight is 1060 g/mol. The van der Waals surface area contributed by atoms with Gasteiger partial charge < -0.3 is 93.0 Å². The average Bonchev–Trinajstić information content (AvgIpc) is 3.34. The third-order valence-corrected chi connectivity index (χ3v) is 14.4. The zero-order valence-corrected chi connectivity index (χ0v) is 47.0. The first-order valence-electron chi connectivity index (χ1n) is 28.7. The van der Waals surface area contributed by atoms with Gasteiger partial charge in [0.05, 0.1) is 30.9 Å². The molecule has 15 N–H and O–H groups in total. The molecule has 2 saturated heterocycles. The van der Waals surface area contributed by atoms with Gasteiger partial charge in [0.15, 0.2) is 12.6 Å². The molecule has 0 aromatic rings. The largest absolute Gasteiger partial charge is 2.00 e. The van der Waals surface area contributed by atoms with Gasteiger partial charge in [-0.3, -0.25) is 0 Å².